The van der Waals surface area contributed by atoms with Crippen LogP contribution in [0.4, 0.5) is 5.82 Å². The zero-order chi connectivity index (χ0) is 26.9. The number of anilines is 1. The number of ketones is 2. The summed E-state index contributed by atoms with van der Waals surface area (Å²) < 4.78 is 0. The number of aromatic nitrogens is 1. The van der Waals surface area contributed by atoms with Crippen LogP contribution in [0, 0.1) is 17.8 Å². The van der Waals surface area contributed by atoms with Crippen LogP contribution in [0.1, 0.15) is 31.4 Å². The van der Waals surface area contributed by atoms with Gasteiger partial charge in [-0.1, -0.05) is 25.4 Å². The number of rotatable bonds is 5. The van der Waals surface area contributed by atoms with Crippen LogP contribution in [0.5, 0.6) is 5.75 Å². The summed E-state index contributed by atoms with van der Waals surface area (Å²) in [5, 5.41) is 47.6. The number of primary amides is 1. The molecule has 218 valence electrons. The van der Waals surface area contributed by atoms with Gasteiger partial charge in [-0.2, -0.15) is 0 Å². The molecule has 1 aromatic heterocycles. The zero-order valence-electron chi connectivity index (χ0n) is 21.5. The predicted molar refractivity (Wildman–Crippen MR) is 152 cm³/mol. The fourth-order valence-electron chi connectivity index (χ4n) is 5.58. The number of fused-ring (bicyclic) bond motifs is 3. The smallest absolute Gasteiger partial charge is 0.255 e. The van der Waals surface area contributed by atoms with Crippen molar-refractivity contribution in [2.24, 2.45) is 23.5 Å². The molecular weight excluding hydrogens is 598 g/mol. The van der Waals surface area contributed by atoms with Crippen LogP contribution in [0.25, 0.3) is 5.76 Å². The molecule has 39 heavy (non-hydrogen) atoms. The lowest BCUT2D eigenvalue weighted by molar-refractivity contribution is -0.153. The molecule has 7 N–H and O–H groups in total. The highest BCUT2D eigenvalue weighted by Gasteiger charge is 2.64. The first kappa shape index (κ1) is 34.7. The SMILES string of the molecule is CC(C)CNc1nc(Cl)c2c(c1O)C(O)=C1C(=O)[C@]3(O)C(O)=C(C(N)=O)C(=O)[C@@H](N(C)C)[C@@H]3C[C@@H]1C2.Cl.Cl.Cl. The molecule has 11 nitrogen and oxygen atoms in total. The highest BCUT2D eigenvalue weighted by molar-refractivity contribution is 6.31. The van der Waals surface area contributed by atoms with Crippen molar-refractivity contribution in [1.29, 1.82) is 0 Å². The Balaban J connectivity index is 0.00000253. The highest BCUT2D eigenvalue weighted by Crippen LogP contribution is 2.53. The summed E-state index contributed by atoms with van der Waals surface area (Å²) in [5.74, 6) is -6.95. The van der Waals surface area contributed by atoms with Gasteiger partial charge in [-0.15, -0.1) is 37.2 Å². The normalized spacial score (nSPS) is 25.7. The average Bonchev–Trinajstić information content (AvgIpc) is 2.77. The molecule has 15 heteroatoms. The number of carbonyl (C=O) groups excluding carboxylic acids is 3. The van der Waals surface area contributed by atoms with Crippen LogP contribution in [-0.4, -0.2) is 80.1 Å². The van der Waals surface area contributed by atoms with Gasteiger partial charge in [0, 0.05) is 23.6 Å². The van der Waals surface area contributed by atoms with Gasteiger partial charge in [0.25, 0.3) is 5.91 Å². The molecule has 0 radical (unpaired) electrons. The summed E-state index contributed by atoms with van der Waals surface area (Å²) in [7, 11) is 3.08. The second-order valence-corrected chi connectivity index (χ2v) is 10.5. The third-order valence-electron chi connectivity index (χ3n) is 7.21. The maximum absolute atomic E-state index is 13.8. The van der Waals surface area contributed by atoms with Gasteiger partial charge in [0.1, 0.15) is 22.2 Å². The number of aliphatic hydroxyl groups excluding tert-OH is 2. The van der Waals surface area contributed by atoms with Crippen LogP contribution in [-0.2, 0) is 20.8 Å². The summed E-state index contributed by atoms with van der Waals surface area (Å²) >= 11 is 6.42. The van der Waals surface area contributed by atoms with Crippen LogP contribution in [0.2, 0.25) is 5.15 Å². The van der Waals surface area contributed by atoms with Crippen LogP contribution in [0.15, 0.2) is 16.9 Å². The number of pyridine rings is 1. The Bertz CT molecular complexity index is 1270. The van der Waals surface area contributed by atoms with Gasteiger partial charge in [0.05, 0.1) is 11.6 Å². The van der Waals surface area contributed by atoms with E-state index in [1.807, 2.05) is 13.8 Å². The molecule has 1 amide bonds. The zero-order valence-corrected chi connectivity index (χ0v) is 24.7. The lowest BCUT2D eigenvalue weighted by atomic mass is 9.57. The molecule has 3 aliphatic carbocycles. The quantitative estimate of drug-likeness (QED) is 0.208. The molecule has 4 rings (SSSR count). The molecule has 4 atom stereocenters. The Morgan fingerprint density at radius 3 is 2.31 bits per heavy atom. The molecule has 1 fully saturated rings. The average molecular weight is 630 g/mol. The van der Waals surface area contributed by atoms with Gasteiger partial charge in [-0.25, -0.2) is 4.98 Å². The number of Topliss-reactive ketones (excluding diaryl/α,β-unsaturated/α-hetero) is 2. The minimum atomic E-state index is -2.68. The Morgan fingerprint density at radius 2 is 1.79 bits per heavy atom. The Hall–Kier alpha value is -2.28. The minimum Gasteiger partial charge on any atom is -0.508 e. The Kier molecular flexibility index (Phi) is 10.8. The van der Waals surface area contributed by atoms with Crippen LogP contribution in [0.3, 0.4) is 0 Å². The predicted octanol–water partition coefficient (Wildman–Crippen LogP) is 2.35. The molecular formula is C24H32Cl4N4O7. The summed E-state index contributed by atoms with van der Waals surface area (Å²) in [6, 6.07) is -1.15. The number of aromatic hydroxyl groups is 1. The van der Waals surface area contributed by atoms with Crippen molar-refractivity contribution >= 4 is 77.9 Å². The molecule has 3 aliphatic rings. The third-order valence-corrected chi connectivity index (χ3v) is 7.53. The monoisotopic (exact) mass is 628 g/mol. The van der Waals surface area contributed by atoms with E-state index in [0.29, 0.717) is 12.1 Å². The number of halogens is 4. The lowest BCUT2D eigenvalue weighted by Gasteiger charge is -2.50. The van der Waals surface area contributed by atoms with E-state index in [2.05, 4.69) is 10.3 Å². The summed E-state index contributed by atoms with van der Waals surface area (Å²) in [5.41, 5.74) is 1.75. The minimum absolute atomic E-state index is 0. The molecule has 1 heterocycles. The van der Waals surface area contributed by atoms with Crippen molar-refractivity contribution in [2.75, 3.05) is 26.0 Å². The number of hydrogen-bond donors (Lipinski definition) is 6. The number of nitrogens with zero attached hydrogens (tertiary/aromatic N) is 2. The molecule has 0 unspecified atom stereocenters. The number of carbonyl (C=O) groups is 3. The van der Waals surface area contributed by atoms with E-state index in [1.165, 1.54) is 19.0 Å². The standard InChI is InChI=1S/C24H29ClN4O7.3ClH/c1-8(2)7-27-23-18(32)13-10(21(25)28-23)5-9-6-11-15(29(3)4)17(31)14(22(26)35)20(34)24(11,36)19(33)12(9)16(13)30;;;/h8-9,11,15,30,32,34,36H,5-7H2,1-4H3,(H2,26,35)(H,27,28);3*1H/t9-,11-,15-,24-;;;/m0.../s1. The van der Waals surface area contributed by atoms with Crippen molar-refractivity contribution in [1.82, 2.24) is 9.88 Å². The summed E-state index contributed by atoms with van der Waals surface area (Å²) in [4.78, 5) is 44.6. The maximum atomic E-state index is 13.8. The van der Waals surface area contributed by atoms with Gasteiger partial charge in [-0.3, -0.25) is 19.3 Å². The first-order valence-corrected chi connectivity index (χ1v) is 11.9. The third kappa shape index (κ3) is 5.16. The number of nitrogens with two attached hydrogens (primary N) is 1. The second kappa shape index (κ2) is 12.1. The van der Waals surface area contributed by atoms with Gasteiger partial charge in [-0.05, 0) is 38.8 Å². The van der Waals surface area contributed by atoms with Gasteiger partial charge < -0.3 is 31.5 Å². The van der Waals surface area contributed by atoms with E-state index >= 15 is 0 Å². The topological polar surface area (TPSA) is 186 Å². The number of amides is 1. The molecule has 0 spiro atoms. The molecule has 0 bridgehead atoms. The van der Waals surface area contributed by atoms with Crippen molar-refractivity contribution in [2.45, 2.75) is 38.3 Å². The van der Waals surface area contributed by atoms with E-state index in [9.17, 15) is 34.8 Å². The van der Waals surface area contributed by atoms with Gasteiger partial charge in [0.2, 0.25) is 5.78 Å². The van der Waals surface area contributed by atoms with Crippen molar-refractivity contribution in [3.63, 3.8) is 0 Å². The van der Waals surface area contributed by atoms with Crippen LogP contribution < -0.4 is 11.1 Å². The fraction of sp³-hybridized carbons (Fsp3) is 0.500. The molecule has 1 aromatic rings. The van der Waals surface area contributed by atoms with E-state index < -0.39 is 63.8 Å². The van der Waals surface area contributed by atoms with E-state index in [1.54, 1.807) is 0 Å². The first-order valence-electron chi connectivity index (χ1n) is 11.5. The van der Waals surface area contributed by atoms with Crippen molar-refractivity contribution < 1.29 is 34.8 Å². The van der Waals surface area contributed by atoms with Gasteiger partial charge in [0.15, 0.2) is 23.0 Å². The van der Waals surface area contributed by atoms with E-state index in [4.69, 9.17) is 17.3 Å². The number of likely N-dealkylation sites (N-methyl/N-ethyl adjacent to an activating group) is 1. The lowest BCUT2D eigenvalue weighted by Crippen LogP contribution is -2.65. The maximum Gasteiger partial charge on any atom is 0.255 e. The summed E-state index contributed by atoms with van der Waals surface area (Å²) in [6.45, 7) is 4.34. The molecule has 0 aromatic carbocycles. The molecule has 1 saturated carbocycles. The van der Waals surface area contributed by atoms with Crippen molar-refractivity contribution in [3.8, 4) is 5.75 Å². The molecule has 0 aliphatic heterocycles. The number of nitrogens with one attached hydrogen (secondary N) is 1. The second-order valence-electron chi connectivity index (χ2n) is 10.2. The van der Waals surface area contributed by atoms with E-state index in [-0.39, 0.29) is 78.1 Å². The summed E-state index contributed by atoms with van der Waals surface area (Å²) in [6.07, 6.45) is 0.0641. The first-order chi connectivity index (χ1) is 16.7. The van der Waals surface area contributed by atoms with Crippen molar-refractivity contribution in [3.05, 3.63) is 33.2 Å². The highest BCUT2D eigenvalue weighted by atomic mass is 35.5. The van der Waals surface area contributed by atoms with E-state index in [0.717, 1.165) is 0 Å². The Labute approximate surface area is 248 Å². The Morgan fingerprint density at radius 1 is 1.21 bits per heavy atom. The fourth-order valence-corrected chi connectivity index (χ4v) is 5.84. The molecule has 0 saturated heterocycles. The van der Waals surface area contributed by atoms with Gasteiger partial charge >= 0.3 is 0 Å². The van der Waals surface area contributed by atoms with Crippen LogP contribution >= 0.6 is 48.8 Å². The largest absolute Gasteiger partial charge is 0.508 e. The number of hydrogen-bond acceptors (Lipinski definition) is 10. The number of aliphatic hydroxyl groups is 3.